The van der Waals surface area contributed by atoms with Crippen molar-refractivity contribution in [1.29, 1.82) is 0 Å². The fourth-order valence-electron chi connectivity index (χ4n) is 0.685. The van der Waals surface area contributed by atoms with Crippen molar-refractivity contribution in [2.24, 2.45) is 0 Å². The second kappa shape index (κ2) is 4.31. The van der Waals surface area contributed by atoms with E-state index >= 15 is 0 Å². The Labute approximate surface area is 76.7 Å². The fourth-order valence-corrected chi connectivity index (χ4v) is 0.889. The van der Waals surface area contributed by atoms with E-state index in [9.17, 15) is 0 Å². The molecule has 1 aromatic carbocycles. The van der Waals surface area contributed by atoms with Gasteiger partial charge in [-0.25, -0.2) is 0 Å². The van der Waals surface area contributed by atoms with Gasteiger partial charge in [0.2, 0.25) is 0 Å². The van der Waals surface area contributed by atoms with Crippen molar-refractivity contribution in [2.75, 3.05) is 12.8 Å². The topological polar surface area (TPSA) is 35.2 Å². The van der Waals surface area contributed by atoms with Crippen LogP contribution in [0.1, 0.15) is 0 Å². The van der Waals surface area contributed by atoms with E-state index in [1.165, 1.54) is 0 Å². The van der Waals surface area contributed by atoms with Gasteiger partial charge < -0.3 is 10.5 Å². The van der Waals surface area contributed by atoms with Gasteiger partial charge in [-0.15, -0.1) is 12.4 Å². The summed E-state index contributed by atoms with van der Waals surface area (Å²) < 4.78 is 4.91. The molecule has 0 amide bonds. The maximum Gasteiger partial charge on any atom is 0.139 e. The molecule has 0 fully saturated rings. The Kier molecular flexibility index (Phi) is 4.08. The van der Waals surface area contributed by atoms with E-state index in [1.54, 1.807) is 25.3 Å². The maximum atomic E-state index is 5.74. The van der Waals surface area contributed by atoms with Gasteiger partial charge in [0.25, 0.3) is 0 Å². The molecule has 0 bridgehead atoms. The van der Waals surface area contributed by atoms with Crippen LogP contribution in [0.5, 0.6) is 5.75 Å². The minimum absolute atomic E-state index is 0. The first-order chi connectivity index (χ1) is 4.75. The lowest BCUT2D eigenvalue weighted by Gasteiger charge is -2.03. The Balaban J connectivity index is 0.000001000. The van der Waals surface area contributed by atoms with Gasteiger partial charge in [0.15, 0.2) is 0 Å². The molecule has 0 radical (unpaired) electrons. The van der Waals surface area contributed by atoms with E-state index in [0.29, 0.717) is 16.5 Å². The molecular weight excluding hydrogens is 185 g/mol. The second-order valence-electron chi connectivity index (χ2n) is 1.86. The number of ether oxygens (including phenoxy) is 1. The van der Waals surface area contributed by atoms with Crippen molar-refractivity contribution in [3.05, 3.63) is 23.2 Å². The summed E-state index contributed by atoms with van der Waals surface area (Å²) in [6, 6.07) is 5.28. The summed E-state index contributed by atoms with van der Waals surface area (Å²) in [5.41, 5.74) is 6.03. The number of halogens is 2. The zero-order valence-electron chi connectivity index (χ0n) is 6.00. The molecule has 0 aromatic heterocycles. The third-order valence-corrected chi connectivity index (χ3v) is 1.62. The van der Waals surface area contributed by atoms with E-state index in [-0.39, 0.29) is 12.4 Å². The van der Waals surface area contributed by atoms with Crippen LogP contribution in [0.15, 0.2) is 18.2 Å². The number of nitrogen functional groups attached to an aromatic ring is 1. The van der Waals surface area contributed by atoms with Crippen molar-refractivity contribution in [2.45, 2.75) is 0 Å². The van der Waals surface area contributed by atoms with Crippen LogP contribution in [0.3, 0.4) is 0 Å². The summed E-state index contributed by atoms with van der Waals surface area (Å²) in [7, 11) is 1.56. The third kappa shape index (κ3) is 2.17. The maximum absolute atomic E-state index is 5.74. The Morgan fingerprint density at radius 2 is 2.09 bits per heavy atom. The molecule has 0 spiro atoms. The van der Waals surface area contributed by atoms with Crippen molar-refractivity contribution < 1.29 is 4.74 Å². The van der Waals surface area contributed by atoms with Crippen LogP contribution in [0, 0.1) is 0 Å². The minimum atomic E-state index is 0. The Morgan fingerprint density at radius 1 is 1.45 bits per heavy atom. The molecule has 0 atom stereocenters. The summed E-state index contributed by atoms with van der Waals surface area (Å²) >= 11 is 5.74. The first-order valence-corrected chi connectivity index (χ1v) is 3.21. The van der Waals surface area contributed by atoms with Crippen LogP contribution in [0.25, 0.3) is 0 Å². The molecule has 0 saturated carbocycles. The van der Waals surface area contributed by atoms with Gasteiger partial charge in [0.1, 0.15) is 10.8 Å². The standard InChI is InChI=1S/C7H8ClNO.ClH/c1-10-6-4-2-3-5(9)7(6)8;/h2-4H,9H2,1H3;1H. The van der Waals surface area contributed by atoms with Crippen LogP contribution < -0.4 is 10.5 Å². The van der Waals surface area contributed by atoms with Crippen molar-refractivity contribution in [1.82, 2.24) is 0 Å². The summed E-state index contributed by atoms with van der Waals surface area (Å²) in [5, 5.41) is 0.477. The molecule has 62 valence electrons. The van der Waals surface area contributed by atoms with Crippen LogP contribution in [-0.2, 0) is 0 Å². The zero-order chi connectivity index (χ0) is 7.56. The monoisotopic (exact) mass is 193 g/mol. The number of hydrogen-bond donors (Lipinski definition) is 1. The fraction of sp³-hybridized carbons (Fsp3) is 0.143. The van der Waals surface area contributed by atoms with Crippen LogP contribution >= 0.6 is 24.0 Å². The smallest absolute Gasteiger partial charge is 0.139 e. The van der Waals surface area contributed by atoms with Gasteiger partial charge in [-0.1, -0.05) is 17.7 Å². The predicted octanol–water partition coefficient (Wildman–Crippen LogP) is 2.35. The van der Waals surface area contributed by atoms with Crippen molar-refractivity contribution in [3.8, 4) is 5.75 Å². The summed E-state index contributed by atoms with van der Waals surface area (Å²) in [4.78, 5) is 0. The molecule has 1 rings (SSSR count). The molecule has 0 aliphatic carbocycles. The molecule has 0 unspecified atom stereocenters. The highest BCUT2D eigenvalue weighted by molar-refractivity contribution is 6.34. The SMILES string of the molecule is COc1cccc(N)c1Cl.Cl. The first kappa shape index (κ1) is 10.4. The van der Waals surface area contributed by atoms with Gasteiger partial charge in [-0.3, -0.25) is 0 Å². The zero-order valence-corrected chi connectivity index (χ0v) is 7.58. The molecule has 1 aromatic rings. The Morgan fingerprint density at radius 3 is 2.55 bits per heavy atom. The molecule has 0 saturated heterocycles. The summed E-state index contributed by atoms with van der Waals surface area (Å²) in [5.74, 6) is 0.613. The number of rotatable bonds is 1. The van der Waals surface area contributed by atoms with E-state index in [0.717, 1.165) is 0 Å². The lowest BCUT2D eigenvalue weighted by atomic mass is 10.3. The molecule has 2 N–H and O–H groups in total. The average molecular weight is 194 g/mol. The molecule has 11 heavy (non-hydrogen) atoms. The highest BCUT2D eigenvalue weighted by Crippen LogP contribution is 2.28. The van der Waals surface area contributed by atoms with E-state index in [1.807, 2.05) is 0 Å². The quantitative estimate of drug-likeness (QED) is 0.696. The number of benzene rings is 1. The summed E-state index contributed by atoms with van der Waals surface area (Å²) in [6.07, 6.45) is 0. The Bertz CT molecular complexity index is 240. The molecule has 2 nitrogen and oxygen atoms in total. The van der Waals surface area contributed by atoms with Gasteiger partial charge in [0.05, 0.1) is 12.8 Å². The molecule has 0 heterocycles. The van der Waals surface area contributed by atoms with E-state index < -0.39 is 0 Å². The molecule has 0 aliphatic heterocycles. The summed E-state index contributed by atoms with van der Waals surface area (Å²) in [6.45, 7) is 0. The van der Waals surface area contributed by atoms with Crippen molar-refractivity contribution >= 4 is 29.7 Å². The van der Waals surface area contributed by atoms with Crippen LogP contribution in [0.4, 0.5) is 5.69 Å². The number of nitrogens with two attached hydrogens (primary N) is 1. The normalized spacial score (nSPS) is 8.55. The third-order valence-electron chi connectivity index (χ3n) is 1.21. The first-order valence-electron chi connectivity index (χ1n) is 2.83. The second-order valence-corrected chi connectivity index (χ2v) is 2.24. The molecule has 4 heteroatoms. The van der Waals surface area contributed by atoms with E-state index in [2.05, 4.69) is 0 Å². The molecule has 0 aliphatic rings. The average Bonchev–Trinajstić information content (AvgIpc) is 1.95. The van der Waals surface area contributed by atoms with Crippen LogP contribution in [-0.4, -0.2) is 7.11 Å². The van der Waals surface area contributed by atoms with Gasteiger partial charge in [-0.05, 0) is 12.1 Å². The molecular formula is C7H9Cl2NO. The highest BCUT2D eigenvalue weighted by Gasteiger charge is 2.00. The lowest BCUT2D eigenvalue weighted by molar-refractivity contribution is 0.415. The number of anilines is 1. The van der Waals surface area contributed by atoms with Gasteiger partial charge in [0, 0.05) is 0 Å². The Hall–Kier alpha value is -0.600. The lowest BCUT2D eigenvalue weighted by Crippen LogP contribution is -1.89. The minimum Gasteiger partial charge on any atom is -0.495 e. The van der Waals surface area contributed by atoms with Gasteiger partial charge >= 0.3 is 0 Å². The predicted molar refractivity (Wildman–Crippen MR) is 49.7 cm³/mol. The van der Waals surface area contributed by atoms with Crippen LogP contribution in [0.2, 0.25) is 5.02 Å². The van der Waals surface area contributed by atoms with E-state index in [4.69, 9.17) is 22.1 Å². The highest BCUT2D eigenvalue weighted by atomic mass is 35.5. The van der Waals surface area contributed by atoms with Crippen molar-refractivity contribution in [3.63, 3.8) is 0 Å². The largest absolute Gasteiger partial charge is 0.495 e. The van der Waals surface area contributed by atoms with Gasteiger partial charge in [-0.2, -0.15) is 0 Å². The number of methoxy groups -OCH3 is 1. The number of hydrogen-bond acceptors (Lipinski definition) is 2.